The summed E-state index contributed by atoms with van der Waals surface area (Å²) >= 11 is 1.92. The van der Waals surface area contributed by atoms with Crippen molar-refractivity contribution in [2.24, 2.45) is 0 Å². The van der Waals surface area contributed by atoms with Crippen LogP contribution in [0.25, 0.3) is 0 Å². The Morgan fingerprint density at radius 1 is 1.16 bits per heavy atom. The Labute approximate surface area is 120 Å². The molecule has 0 radical (unpaired) electrons. The highest BCUT2D eigenvalue weighted by Crippen LogP contribution is 2.19. The topological polar surface area (TPSA) is 24.5 Å². The van der Waals surface area contributed by atoms with Gasteiger partial charge in [-0.15, -0.1) is 0 Å². The molecule has 1 aliphatic heterocycles. The lowest BCUT2D eigenvalue weighted by atomic mass is 10.2. The van der Waals surface area contributed by atoms with Gasteiger partial charge in [0.15, 0.2) is 0 Å². The zero-order valence-corrected chi connectivity index (χ0v) is 12.5. The number of rotatable bonds is 7. The second-order valence-electron chi connectivity index (χ2n) is 4.77. The van der Waals surface area contributed by atoms with Crippen molar-refractivity contribution in [2.45, 2.75) is 12.8 Å². The van der Waals surface area contributed by atoms with Crippen LogP contribution in [0.3, 0.4) is 0 Å². The molecule has 1 aromatic carbocycles. The van der Waals surface area contributed by atoms with E-state index in [0.717, 1.165) is 32.8 Å². The summed E-state index contributed by atoms with van der Waals surface area (Å²) in [5, 5.41) is 3.48. The maximum atomic E-state index is 5.37. The zero-order chi connectivity index (χ0) is 13.3. The van der Waals surface area contributed by atoms with Crippen molar-refractivity contribution >= 4 is 23.1 Å². The number of ether oxygens (including phenoxy) is 1. The predicted octanol–water partition coefficient (Wildman–Crippen LogP) is 3.08. The molecule has 1 heterocycles. The molecule has 1 aliphatic rings. The van der Waals surface area contributed by atoms with E-state index in [1.807, 2.05) is 11.8 Å². The number of nitrogens with one attached hydrogen (secondary N) is 1. The van der Waals surface area contributed by atoms with Gasteiger partial charge in [-0.25, -0.2) is 0 Å². The van der Waals surface area contributed by atoms with Crippen LogP contribution in [0.4, 0.5) is 11.4 Å². The molecule has 4 heteroatoms. The largest absolute Gasteiger partial charge is 0.385 e. The van der Waals surface area contributed by atoms with Crippen molar-refractivity contribution in [2.75, 3.05) is 55.1 Å². The predicted molar refractivity (Wildman–Crippen MR) is 85.6 cm³/mol. The van der Waals surface area contributed by atoms with E-state index in [2.05, 4.69) is 40.7 Å². The van der Waals surface area contributed by atoms with E-state index in [1.165, 1.54) is 30.0 Å². The lowest BCUT2D eigenvalue weighted by Gasteiger charge is -2.28. The molecular weight excluding hydrogens is 256 g/mol. The summed E-state index contributed by atoms with van der Waals surface area (Å²) in [4.78, 5) is 2.38. The fourth-order valence-corrected chi connectivity index (χ4v) is 2.71. The van der Waals surface area contributed by atoms with Crippen LogP contribution < -0.4 is 10.2 Å². The summed E-state index contributed by atoms with van der Waals surface area (Å²) in [6.07, 6.45) is 4.70. The first-order valence-corrected chi connectivity index (χ1v) is 8.45. The molecule has 1 saturated heterocycles. The molecule has 0 bridgehead atoms. The first kappa shape index (κ1) is 14.5. The SMILES string of the molecule is CSCCCCNc1ccc(N2CCOCC2)cc1. The summed E-state index contributed by atoms with van der Waals surface area (Å²) in [7, 11) is 0. The van der Waals surface area contributed by atoms with E-state index in [-0.39, 0.29) is 0 Å². The third kappa shape index (κ3) is 4.96. The van der Waals surface area contributed by atoms with Gasteiger partial charge in [0.2, 0.25) is 0 Å². The van der Waals surface area contributed by atoms with Crippen LogP contribution in [0.15, 0.2) is 24.3 Å². The maximum Gasteiger partial charge on any atom is 0.0642 e. The van der Waals surface area contributed by atoms with E-state index in [9.17, 15) is 0 Å². The quantitative estimate of drug-likeness (QED) is 0.776. The van der Waals surface area contributed by atoms with Crippen LogP contribution in [0, 0.1) is 0 Å². The molecule has 0 unspecified atom stereocenters. The number of unbranched alkanes of at least 4 members (excludes halogenated alkanes) is 1. The van der Waals surface area contributed by atoms with Gasteiger partial charge in [-0.05, 0) is 49.1 Å². The number of thioether (sulfide) groups is 1. The molecule has 3 nitrogen and oxygen atoms in total. The van der Waals surface area contributed by atoms with Crippen LogP contribution in [0.5, 0.6) is 0 Å². The summed E-state index contributed by atoms with van der Waals surface area (Å²) in [5.41, 5.74) is 2.53. The minimum absolute atomic E-state index is 0.843. The van der Waals surface area contributed by atoms with Gasteiger partial charge >= 0.3 is 0 Å². The zero-order valence-electron chi connectivity index (χ0n) is 11.7. The van der Waals surface area contributed by atoms with Crippen LogP contribution in [-0.2, 0) is 4.74 Å². The summed E-state index contributed by atoms with van der Waals surface area (Å²) in [5.74, 6) is 1.26. The highest BCUT2D eigenvalue weighted by Gasteiger charge is 2.10. The van der Waals surface area contributed by atoms with E-state index < -0.39 is 0 Å². The molecule has 0 spiro atoms. The van der Waals surface area contributed by atoms with Gasteiger partial charge < -0.3 is 15.0 Å². The number of hydrogen-bond acceptors (Lipinski definition) is 4. The molecule has 0 aromatic heterocycles. The Morgan fingerprint density at radius 3 is 2.58 bits per heavy atom. The first-order valence-electron chi connectivity index (χ1n) is 7.06. The average Bonchev–Trinajstić information content (AvgIpc) is 2.49. The van der Waals surface area contributed by atoms with Crippen molar-refractivity contribution in [1.29, 1.82) is 0 Å². The first-order chi connectivity index (χ1) is 9.40. The van der Waals surface area contributed by atoms with Crippen molar-refractivity contribution in [3.8, 4) is 0 Å². The van der Waals surface area contributed by atoms with Gasteiger partial charge in [-0.3, -0.25) is 0 Å². The Morgan fingerprint density at radius 2 is 1.89 bits per heavy atom. The molecule has 106 valence electrons. The number of anilines is 2. The summed E-state index contributed by atoms with van der Waals surface area (Å²) in [6, 6.07) is 8.77. The molecule has 0 atom stereocenters. The maximum absolute atomic E-state index is 5.37. The Kier molecular flexibility index (Phi) is 6.37. The van der Waals surface area contributed by atoms with Gasteiger partial charge in [0.25, 0.3) is 0 Å². The smallest absolute Gasteiger partial charge is 0.0642 e. The van der Waals surface area contributed by atoms with E-state index in [1.54, 1.807) is 0 Å². The van der Waals surface area contributed by atoms with Crippen LogP contribution >= 0.6 is 11.8 Å². The lowest BCUT2D eigenvalue weighted by Crippen LogP contribution is -2.36. The number of nitrogens with zero attached hydrogens (tertiary/aromatic N) is 1. The Bertz CT molecular complexity index is 350. The summed E-state index contributed by atoms with van der Waals surface area (Å²) < 4.78 is 5.37. The average molecular weight is 280 g/mol. The van der Waals surface area contributed by atoms with E-state index in [0.29, 0.717) is 0 Å². The molecule has 0 amide bonds. The van der Waals surface area contributed by atoms with E-state index in [4.69, 9.17) is 4.74 Å². The number of hydrogen-bond donors (Lipinski definition) is 1. The molecule has 2 rings (SSSR count). The lowest BCUT2D eigenvalue weighted by molar-refractivity contribution is 0.122. The third-order valence-corrected chi connectivity index (χ3v) is 4.04. The third-order valence-electron chi connectivity index (χ3n) is 3.35. The van der Waals surface area contributed by atoms with Gasteiger partial charge in [0.05, 0.1) is 13.2 Å². The molecule has 1 N–H and O–H groups in total. The Hall–Kier alpha value is -0.870. The van der Waals surface area contributed by atoms with Crippen LogP contribution in [0.1, 0.15) is 12.8 Å². The molecular formula is C15H24N2OS. The van der Waals surface area contributed by atoms with Crippen molar-refractivity contribution in [3.63, 3.8) is 0 Å². The van der Waals surface area contributed by atoms with Gasteiger partial charge in [0, 0.05) is 31.0 Å². The van der Waals surface area contributed by atoms with Crippen molar-refractivity contribution in [1.82, 2.24) is 0 Å². The minimum Gasteiger partial charge on any atom is -0.385 e. The van der Waals surface area contributed by atoms with E-state index >= 15 is 0 Å². The molecule has 0 aliphatic carbocycles. The number of benzene rings is 1. The Balaban J connectivity index is 1.74. The monoisotopic (exact) mass is 280 g/mol. The normalized spacial score (nSPS) is 15.5. The standard InChI is InChI=1S/C15H24N2OS/c1-19-13-3-2-8-16-14-4-6-15(7-5-14)17-9-11-18-12-10-17/h4-7,16H,2-3,8-13H2,1H3. The minimum atomic E-state index is 0.843. The highest BCUT2D eigenvalue weighted by molar-refractivity contribution is 7.98. The van der Waals surface area contributed by atoms with Gasteiger partial charge in [-0.1, -0.05) is 0 Å². The second-order valence-corrected chi connectivity index (χ2v) is 5.76. The molecule has 0 saturated carbocycles. The molecule has 1 aromatic rings. The number of morpholine rings is 1. The van der Waals surface area contributed by atoms with Gasteiger partial charge in [-0.2, -0.15) is 11.8 Å². The fraction of sp³-hybridized carbons (Fsp3) is 0.600. The summed E-state index contributed by atoms with van der Waals surface area (Å²) in [6.45, 7) is 4.76. The molecule has 19 heavy (non-hydrogen) atoms. The highest BCUT2D eigenvalue weighted by atomic mass is 32.2. The van der Waals surface area contributed by atoms with Crippen molar-refractivity contribution < 1.29 is 4.74 Å². The van der Waals surface area contributed by atoms with Crippen LogP contribution in [-0.4, -0.2) is 44.9 Å². The fourth-order valence-electron chi connectivity index (χ4n) is 2.22. The van der Waals surface area contributed by atoms with Crippen LogP contribution in [0.2, 0.25) is 0 Å². The van der Waals surface area contributed by atoms with Crippen molar-refractivity contribution in [3.05, 3.63) is 24.3 Å². The second kappa shape index (κ2) is 8.33. The molecule has 1 fully saturated rings. The van der Waals surface area contributed by atoms with Gasteiger partial charge in [0.1, 0.15) is 0 Å².